The molecule has 0 saturated carbocycles. The zero-order chi connectivity index (χ0) is 13.9. The van der Waals surface area contributed by atoms with Gasteiger partial charge in [0.2, 0.25) is 0 Å². The Bertz CT molecular complexity index is 513. The number of nitro groups is 1. The van der Waals surface area contributed by atoms with E-state index in [0.717, 1.165) is 12.1 Å². The van der Waals surface area contributed by atoms with Gasteiger partial charge in [-0.15, -0.1) is 0 Å². The molecular weight excluding hydrogens is 243 g/mol. The summed E-state index contributed by atoms with van der Waals surface area (Å²) in [5.41, 5.74) is -0.632. The maximum atomic E-state index is 13.6. The van der Waals surface area contributed by atoms with Crippen LogP contribution in [0.15, 0.2) is 12.1 Å². The number of hydrogen-bond acceptors (Lipinski definition) is 5. The molecule has 0 amide bonds. The van der Waals surface area contributed by atoms with Gasteiger partial charge in [-0.25, -0.2) is 4.39 Å². The minimum absolute atomic E-state index is 0.114. The van der Waals surface area contributed by atoms with Crippen molar-refractivity contribution in [1.29, 1.82) is 5.26 Å². The molecule has 2 atom stereocenters. The van der Waals surface area contributed by atoms with Gasteiger partial charge in [0, 0.05) is 17.2 Å². The first-order valence-electron chi connectivity index (χ1n) is 5.06. The predicted molar refractivity (Wildman–Crippen MR) is 59.0 cm³/mol. The predicted octanol–water partition coefficient (Wildman–Crippen LogP) is 1.35. The fourth-order valence-electron chi connectivity index (χ4n) is 1.51. The van der Waals surface area contributed by atoms with Crippen molar-refractivity contribution >= 4 is 5.69 Å². The molecule has 96 valence electrons. The number of aryl methyl sites for hydroxylation is 1. The normalized spacial score (nSPS) is 13.7. The number of nitriles is 1. The molecule has 0 saturated heterocycles. The van der Waals surface area contributed by atoms with E-state index >= 15 is 0 Å². The molecule has 0 spiro atoms. The zero-order valence-electron chi connectivity index (χ0n) is 9.50. The molecule has 7 heteroatoms. The molecule has 0 heterocycles. The fraction of sp³-hybridized carbons (Fsp3) is 0.364. The Morgan fingerprint density at radius 3 is 2.67 bits per heavy atom. The summed E-state index contributed by atoms with van der Waals surface area (Å²) in [5.74, 6) is -0.859. The number of aliphatic hydroxyl groups excluding tert-OH is 2. The van der Waals surface area contributed by atoms with E-state index in [1.165, 1.54) is 6.92 Å². The van der Waals surface area contributed by atoms with Gasteiger partial charge in [-0.1, -0.05) is 0 Å². The largest absolute Gasteiger partial charge is 0.389 e. The van der Waals surface area contributed by atoms with Gasteiger partial charge in [-0.3, -0.25) is 10.1 Å². The Hall–Kier alpha value is -2.04. The second-order valence-electron chi connectivity index (χ2n) is 3.79. The maximum absolute atomic E-state index is 13.6. The van der Waals surface area contributed by atoms with Crippen LogP contribution in [-0.4, -0.2) is 21.2 Å². The van der Waals surface area contributed by atoms with E-state index in [2.05, 4.69) is 0 Å². The van der Waals surface area contributed by atoms with E-state index in [-0.39, 0.29) is 11.3 Å². The minimum atomic E-state index is -1.68. The van der Waals surface area contributed by atoms with Crippen molar-refractivity contribution in [2.45, 2.75) is 25.6 Å². The van der Waals surface area contributed by atoms with Crippen LogP contribution in [0.2, 0.25) is 0 Å². The van der Waals surface area contributed by atoms with Gasteiger partial charge in [-0.05, 0) is 13.0 Å². The lowest BCUT2D eigenvalue weighted by molar-refractivity contribution is -0.385. The topological polar surface area (TPSA) is 107 Å². The van der Waals surface area contributed by atoms with Gasteiger partial charge in [0.15, 0.2) is 0 Å². The lowest BCUT2D eigenvalue weighted by atomic mass is 9.99. The summed E-state index contributed by atoms with van der Waals surface area (Å²) < 4.78 is 13.6. The van der Waals surface area contributed by atoms with Crippen LogP contribution < -0.4 is 0 Å². The Balaban J connectivity index is 3.20. The van der Waals surface area contributed by atoms with Crippen LogP contribution in [0.25, 0.3) is 0 Å². The second-order valence-corrected chi connectivity index (χ2v) is 3.79. The van der Waals surface area contributed by atoms with Crippen molar-refractivity contribution in [3.8, 4) is 6.07 Å². The highest BCUT2D eigenvalue weighted by Gasteiger charge is 2.25. The monoisotopic (exact) mass is 254 g/mol. The summed E-state index contributed by atoms with van der Waals surface area (Å²) in [6, 6.07) is 3.40. The van der Waals surface area contributed by atoms with Crippen LogP contribution in [0, 0.1) is 34.2 Å². The second kappa shape index (κ2) is 5.53. The molecule has 0 radical (unpaired) electrons. The summed E-state index contributed by atoms with van der Waals surface area (Å²) in [6.07, 6.45) is -3.57. The molecular formula is C11H11FN2O4. The van der Waals surface area contributed by atoms with Gasteiger partial charge in [-0.2, -0.15) is 5.26 Å². The lowest BCUT2D eigenvalue weighted by Crippen LogP contribution is -2.19. The highest BCUT2D eigenvalue weighted by molar-refractivity contribution is 5.44. The van der Waals surface area contributed by atoms with Crippen molar-refractivity contribution in [3.05, 3.63) is 39.2 Å². The highest BCUT2D eigenvalue weighted by Crippen LogP contribution is 2.28. The van der Waals surface area contributed by atoms with Crippen molar-refractivity contribution in [1.82, 2.24) is 0 Å². The van der Waals surface area contributed by atoms with Crippen LogP contribution >= 0.6 is 0 Å². The van der Waals surface area contributed by atoms with Gasteiger partial charge in [0.05, 0.1) is 23.5 Å². The molecule has 1 aromatic carbocycles. The number of nitrogens with zero attached hydrogens (tertiary/aromatic N) is 2. The number of nitro benzene ring substituents is 1. The van der Waals surface area contributed by atoms with Crippen LogP contribution in [-0.2, 0) is 0 Å². The summed E-state index contributed by atoms with van der Waals surface area (Å²) in [6.45, 7) is 1.36. The number of hydrogen-bond donors (Lipinski definition) is 2. The van der Waals surface area contributed by atoms with Crippen LogP contribution in [0.3, 0.4) is 0 Å². The molecule has 0 bridgehead atoms. The third-order valence-corrected chi connectivity index (χ3v) is 2.50. The van der Waals surface area contributed by atoms with E-state index in [4.69, 9.17) is 5.26 Å². The van der Waals surface area contributed by atoms with Gasteiger partial charge >= 0.3 is 0 Å². The maximum Gasteiger partial charge on any atom is 0.272 e. The van der Waals surface area contributed by atoms with Crippen LogP contribution in [0.5, 0.6) is 0 Å². The van der Waals surface area contributed by atoms with Gasteiger partial charge in [0.25, 0.3) is 5.69 Å². The van der Waals surface area contributed by atoms with Crippen molar-refractivity contribution < 1.29 is 19.5 Å². The Labute approximate surface area is 102 Å². The molecule has 0 aliphatic carbocycles. The smallest absolute Gasteiger partial charge is 0.272 e. The first kappa shape index (κ1) is 14.0. The standard InChI is InChI=1S/C11H11FN2O4/c1-6-4-8(12)7(5-9(6)14(17)18)11(16)10(15)2-3-13/h4-5,10-11,15-16H,2H2,1H3. The number of benzene rings is 1. The van der Waals surface area contributed by atoms with E-state index in [9.17, 15) is 24.7 Å². The average molecular weight is 254 g/mol. The molecule has 0 aliphatic heterocycles. The summed E-state index contributed by atoms with van der Waals surface area (Å²) in [7, 11) is 0. The fourth-order valence-corrected chi connectivity index (χ4v) is 1.51. The van der Waals surface area contributed by atoms with Gasteiger partial charge in [0.1, 0.15) is 11.9 Å². The molecule has 1 rings (SSSR count). The third-order valence-electron chi connectivity index (χ3n) is 2.50. The number of rotatable bonds is 4. The van der Waals surface area contributed by atoms with Crippen molar-refractivity contribution in [3.63, 3.8) is 0 Å². The molecule has 18 heavy (non-hydrogen) atoms. The molecule has 2 N–H and O–H groups in total. The Morgan fingerprint density at radius 1 is 1.56 bits per heavy atom. The number of halogens is 1. The summed E-state index contributed by atoms with van der Waals surface area (Å²) in [5, 5.41) is 38.1. The van der Waals surface area contributed by atoms with Crippen LogP contribution in [0.1, 0.15) is 23.7 Å². The lowest BCUT2D eigenvalue weighted by Gasteiger charge is -2.16. The van der Waals surface area contributed by atoms with E-state index in [1.807, 2.05) is 0 Å². The quantitative estimate of drug-likeness (QED) is 0.622. The van der Waals surface area contributed by atoms with Gasteiger partial charge < -0.3 is 10.2 Å². The summed E-state index contributed by atoms with van der Waals surface area (Å²) in [4.78, 5) is 9.98. The first-order valence-corrected chi connectivity index (χ1v) is 5.06. The number of aliphatic hydroxyl groups is 2. The molecule has 0 aromatic heterocycles. The molecule has 0 aliphatic rings. The minimum Gasteiger partial charge on any atom is -0.389 e. The zero-order valence-corrected chi connectivity index (χ0v) is 9.50. The van der Waals surface area contributed by atoms with E-state index < -0.39 is 34.9 Å². The summed E-state index contributed by atoms with van der Waals surface area (Å²) >= 11 is 0. The SMILES string of the molecule is Cc1cc(F)c(C(O)C(O)CC#N)cc1[N+](=O)[O-]. The Kier molecular flexibility index (Phi) is 4.31. The molecule has 0 fully saturated rings. The highest BCUT2D eigenvalue weighted by atomic mass is 19.1. The van der Waals surface area contributed by atoms with E-state index in [1.54, 1.807) is 6.07 Å². The third kappa shape index (κ3) is 2.80. The van der Waals surface area contributed by atoms with E-state index in [0.29, 0.717) is 0 Å². The van der Waals surface area contributed by atoms with Crippen molar-refractivity contribution in [2.24, 2.45) is 0 Å². The molecule has 6 nitrogen and oxygen atoms in total. The van der Waals surface area contributed by atoms with Crippen molar-refractivity contribution in [2.75, 3.05) is 0 Å². The first-order chi connectivity index (χ1) is 8.38. The molecule has 1 aromatic rings. The van der Waals surface area contributed by atoms with Crippen LogP contribution in [0.4, 0.5) is 10.1 Å². The average Bonchev–Trinajstić information content (AvgIpc) is 2.28. The Morgan fingerprint density at radius 2 is 2.17 bits per heavy atom. The molecule has 2 unspecified atom stereocenters.